The van der Waals surface area contributed by atoms with E-state index in [2.05, 4.69) is 15.9 Å². The van der Waals surface area contributed by atoms with Crippen molar-refractivity contribution in [3.05, 3.63) is 22.2 Å². The molecule has 0 N–H and O–H groups in total. The summed E-state index contributed by atoms with van der Waals surface area (Å²) in [5.41, 5.74) is 1.41. The summed E-state index contributed by atoms with van der Waals surface area (Å²) in [5.74, 6) is 0.0102. The number of piperidine rings is 1. The zero-order valence-electron chi connectivity index (χ0n) is 17.3. The maximum absolute atomic E-state index is 13.6. The molecule has 0 aliphatic carbocycles. The van der Waals surface area contributed by atoms with Gasteiger partial charge in [0, 0.05) is 49.5 Å². The van der Waals surface area contributed by atoms with Gasteiger partial charge in [0.15, 0.2) is 0 Å². The van der Waals surface area contributed by atoms with Crippen molar-refractivity contribution in [2.45, 2.75) is 50.3 Å². The Hall–Kier alpha value is -1.45. The highest BCUT2D eigenvalue weighted by atomic mass is 79.9. The molecule has 0 radical (unpaired) electrons. The number of sulfonamides is 1. The largest absolute Gasteiger partial charge is 0.342 e. The third kappa shape index (κ3) is 3.91. The lowest BCUT2D eigenvalue weighted by Gasteiger charge is -2.33. The van der Waals surface area contributed by atoms with Gasteiger partial charge in [-0.3, -0.25) is 9.59 Å². The molecule has 0 unspecified atom stereocenters. The number of halogens is 1. The van der Waals surface area contributed by atoms with Crippen LogP contribution in [0.3, 0.4) is 0 Å². The number of rotatable bonds is 4. The van der Waals surface area contributed by atoms with E-state index in [1.165, 1.54) is 4.31 Å². The maximum Gasteiger partial charge on any atom is 0.245 e. The van der Waals surface area contributed by atoms with Gasteiger partial charge in [-0.1, -0.05) is 22.9 Å². The predicted molar refractivity (Wildman–Crippen MR) is 118 cm³/mol. The molecule has 2 saturated heterocycles. The second-order valence-corrected chi connectivity index (χ2v) is 11.1. The van der Waals surface area contributed by atoms with Gasteiger partial charge in [-0.2, -0.15) is 4.31 Å². The molecular formula is C21H28BrN3O4S. The van der Waals surface area contributed by atoms with Crippen LogP contribution in [0.25, 0.3) is 0 Å². The number of anilines is 1. The second kappa shape index (κ2) is 8.59. The Morgan fingerprint density at radius 2 is 1.73 bits per heavy atom. The molecule has 3 heterocycles. The average Bonchev–Trinajstić information content (AvgIpc) is 3.42. The first-order chi connectivity index (χ1) is 14.3. The second-order valence-electron chi connectivity index (χ2n) is 8.27. The Bertz CT molecular complexity index is 951. The van der Waals surface area contributed by atoms with Crippen molar-refractivity contribution in [1.29, 1.82) is 0 Å². The van der Waals surface area contributed by atoms with Gasteiger partial charge in [-0.15, -0.1) is 0 Å². The minimum absolute atomic E-state index is 0.0672. The Morgan fingerprint density at radius 3 is 2.37 bits per heavy atom. The van der Waals surface area contributed by atoms with Gasteiger partial charge in [0.25, 0.3) is 0 Å². The van der Waals surface area contributed by atoms with Gasteiger partial charge in [0.05, 0.1) is 5.69 Å². The summed E-state index contributed by atoms with van der Waals surface area (Å²) in [6.07, 6.45) is 4.18. The van der Waals surface area contributed by atoms with Crippen molar-refractivity contribution >= 4 is 43.5 Å². The lowest BCUT2D eigenvalue weighted by molar-refractivity contribution is -0.135. The molecule has 164 valence electrons. The van der Waals surface area contributed by atoms with Gasteiger partial charge in [0.2, 0.25) is 21.8 Å². The summed E-state index contributed by atoms with van der Waals surface area (Å²) in [6, 6.07) is 3.51. The van der Waals surface area contributed by atoms with Gasteiger partial charge in [0.1, 0.15) is 4.90 Å². The summed E-state index contributed by atoms with van der Waals surface area (Å²) in [4.78, 5) is 28.8. The lowest BCUT2D eigenvalue weighted by Crippen LogP contribution is -2.44. The van der Waals surface area contributed by atoms with Crippen molar-refractivity contribution in [2.24, 2.45) is 5.92 Å². The molecule has 9 heteroatoms. The van der Waals surface area contributed by atoms with Crippen LogP contribution in [-0.2, 0) is 26.0 Å². The van der Waals surface area contributed by atoms with Crippen molar-refractivity contribution in [2.75, 3.05) is 37.6 Å². The Balaban J connectivity index is 1.56. The average molecular weight is 498 g/mol. The van der Waals surface area contributed by atoms with Crippen molar-refractivity contribution < 1.29 is 18.0 Å². The van der Waals surface area contributed by atoms with Gasteiger partial charge in [-0.25, -0.2) is 8.42 Å². The number of likely N-dealkylation sites (tertiary alicyclic amines) is 1. The van der Waals surface area contributed by atoms with E-state index in [0.29, 0.717) is 55.5 Å². The molecule has 0 aromatic heterocycles. The zero-order chi connectivity index (χ0) is 21.5. The summed E-state index contributed by atoms with van der Waals surface area (Å²) in [7, 11) is -3.77. The highest BCUT2D eigenvalue weighted by molar-refractivity contribution is 9.10. The van der Waals surface area contributed by atoms with Crippen molar-refractivity contribution in [3.8, 4) is 0 Å². The van der Waals surface area contributed by atoms with Gasteiger partial charge < -0.3 is 9.80 Å². The Morgan fingerprint density at radius 1 is 1.07 bits per heavy atom. The molecule has 0 bridgehead atoms. The number of nitrogens with zero attached hydrogens (tertiary/aromatic N) is 3. The fraction of sp³-hybridized carbons (Fsp3) is 0.619. The quantitative estimate of drug-likeness (QED) is 0.640. The molecule has 3 aliphatic rings. The molecule has 0 spiro atoms. The molecule has 3 aliphatic heterocycles. The summed E-state index contributed by atoms with van der Waals surface area (Å²) in [5, 5.41) is 0. The standard InChI is InChI=1S/C21H28BrN3O4S/c1-2-19(26)25-12-7-16-13-17(22)14-18(20(16)25)30(28,29)24-10-5-15(6-11-24)21(27)23-8-3-4-9-23/h13-15H,2-12H2,1H3. The van der Waals surface area contributed by atoms with Crippen molar-refractivity contribution in [3.63, 3.8) is 0 Å². The summed E-state index contributed by atoms with van der Waals surface area (Å²) >= 11 is 3.44. The van der Waals surface area contributed by atoms with E-state index in [9.17, 15) is 18.0 Å². The molecule has 0 saturated carbocycles. The van der Waals surface area contributed by atoms with E-state index < -0.39 is 10.0 Å². The highest BCUT2D eigenvalue weighted by Gasteiger charge is 2.38. The molecule has 0 atom stereocenters. The van der Waals surface area contributed by atoms with E-state index in [0.717, 1.165) is 31.5 Å². The van der Waals surface area contributed by atoms with Crippen LogP contribution in [0.5, 0.6) is 0 Å². The zero-order valence-corrected chi connectivity index (χ0v) is 19.7. The number of amides is 2. The maximum atomic E-state index is 13.6. The topological polar surface area (TPSA) is 78.0 Å². The summed E-state index contributed by atoms with van der Waals surface area (Å²) < 4.78 is 29.3. The lowest BCUT2D eigenvalue weighted by atomic mass is 9.97. The number of hydrogen-bond donors (Lipinski definition) is 0. The number of fused-ring (bicyclic) bond motifs is 1. The van der Waals surface area contributed by atoms with Crippen molar-refractivity contribution in [1.82, 2.24) is 9.21 Å². The van der Waals surface area contributed by atoms with E-state index in [-0.39, 0.29) is 22.6 Å². The normalized spacial score (nSPS) is 20.6. The summed E-state index contributed by atoms with van der Waals surface area (Å²) in [6.45, 7) is 4.60. The molecule has 2 amide bonds. The molecule has 2 fully saturated rings. The van der Waals surface area contributed by atoms with Crippen LogP contribution in [0.4, 0.5) is 5.69 Å². The number of carbonyl (C=O) groups excluding carboxylic acids is 2. The minimum atomic E-state index is -3.77. The molecule has 1 aromatic carbocycles. The van der Waals surface area contributed by atoms with Crippen LogP contribution < -0.4 is 4.90 Å². The van der Waals surface area contributed by atoms with Crippen LogP contribution in [0, 0.1) is 5.92 Å². The molecule has 1 aromatic rings. The van der Waals surface area contributed by atoms with Gasteiger partial charge >= 0.3 is 0 Å². The van der Waals surface area contributed by atoms with Gasteiger partial charge in [-0.05, 0) is 49.8 Å². The van der Waals surface area contributed by atoms with Crippen LogP contribution in [0.2, 0.25) is 0 Å². The first-order valence-electron chi connectivity index (χ1n) is 10.7. The monoisotopic (exact) mass is 497 g/mol. The van der Waals surface area contributed by atoms with Crippen LogP contribution >= 0.6 is 15.9 Å². The molecular weight excluding hydrogens is 470 g/mol. The third-order valence-electron chi connectivity index (χ3n) is 6.44. The van der Waals surface area contributed by atoms with E-state index in [1.807, 2.05) is 11.0 Å². The van der Waals surface area contributed by atoms with E-state index in [1.54, 1.807) is 17.9 Å². The first kappa shape index (κ1) is 21.8. The minimum Gasteiger partial charge on any atom is -0.342 e. The fourth-order valence-corrected chi connectivity index (χ4v) is 7.17. The molecule has 30 heavy (non-hydrogen) atoms. The first-order valence-corrected chi connectivity index (χ1v) is 13.0. The van der Waals surface area contributed by atoms with E-state index >= 15 is 0 Å². The third-order valence-corrected chi connectivity index (χ3v) is 8.81. The number of carbonyl (C=O) groups is 2. The SMILES string of the molecule is CCC(=O)N1CCc2cc(Br)cc(S(=O)(=O)N3CCC(C(=O)N4CCCC4)CC3)c21. The van der Waals surface area contributed by atoms with E-state index in [4.69, 9.17) is 0 Å². The van der Waals surface area contributed by atoms with Crippen LogP contribution in [0.1, 0.15) is 44.6 Å². The fourth-order valence-electron chi connectivity index (χ4n) is 4.78. The number of benzene rings is 1. The Kier molecular flexibility index (Phi) is 6.23. The Labute approximate surface area is 186 Å². The van der Waals surface area contributed by atoms with Crippen LogP contribution in [-0.4, -0.2) is 62.2 Å². The highest BCUT2D eigenvalue weighted by Crippen LogP contribution is 2.39. The predicted octanol–water partition coefficient (Wildman–Crippen LogP) is 2.77. The smallest absolute Gasteiger partial charge is 0.245 e. The molecule has 7 nitrogen and oxygen atoms in total. The molecule has 4 rings (SSSR count). The van der Waals surface area contributed by atoms with Crippen LogP contribution in [0.15, 0.2) is 21.5 Å². The number of hydrogen-bond acceptors (Lipinski definition) is 4.